The second-order valence-electron chi connectivity index (χ2n) is 7.46. The van der Waals surface area contributed by atoms with Gasteiger partial charge in [0, 0.05) is 16.9 Å². The first-order valence-corrected chi connectivity index (χ1v) is 9.36. The molecule has 1 aromatic rings. The Kier molecular flexibility index (Phi) is 3.53. The molecule has 4 aliphatic rings. The first kappa shape index (κ1) is 14.3. The van der Waals surface area contributed by atoms with Crippen molar-refractivity contribution in [2.75, 3.05) is 5.75 Å². The average Bonchev–Trinajstić information content (AvgIpc) is 2.51. The molecule has 5 rings (SSSR count). The molecule has 4 fully saturated rings. The third-order valence-electron chi connectivity index (χ3n) is 5.90. The van der Waals surface area contributed by atoms with Gasteiger partial charge in [-0.15, -0.1) is 18.3 Å². The zero-order valence-electron chi connectivity index (χ0n) is 12.9. The minimum Gasteiger partial charge on any atom is -0.245 e. The first-order valence-electron chi connectivity index (χ1n) is 8.38. The summed E-state index contributed by atoms with van der Waals surface area (Å²) in [5.74, 6) is 3.58. The topological polar surface area (TPSA) is 36.7 Å². The van der Waals surface area contributed by atoms with E-state index in [0.717, 1.165) is 28.5 Å². The van der Waals surface area contributed by atoms with Crippen molar-refractivity contribution in [2.45, 2.75) is 49.0 Å². The number of hydrogen-bond acceptors (Lipinski definition) is 3. The molecule has 114 valence electrons. The average molecular weight is 310 g/mol. The molecule has 2 nitrogen and oxygen atoms in total. The molecule has 4 aliphatic carbocycles. The number of nitrogens with zero attached hydrogens (tertiary/aromatic N) is 2. The molecule has 3 heteroatoms. The molecule has 4 bridgehead atoms. The maximum Gasteiger partial charge on any atom is 0.114 e. The quantitative estimate of drug-likeness (QED) is 0.597. The maximum atomic E-state index is 9.31. The van der Waals surface area contributed by atoms with Gasteiger partial charge in [-0.1, -0.05) is 6.08 Å². The fourth-order valence-electron chi connectivity index (χ4n) is 5.49. The molecule has 0 spiro atoms. The predicted octanol–water partition coefficient (Wildman–Crippen LogP) is 4.70. The Balaban J connectivity index is 1.70. The van der Waals surface area contributed by atoms with E-state index < -0.39 is 0 Å². The van der Waals surface area contributed by atoms with Crippen LogP contribution in [-0.4, -0.2) is 10.7 Å². The molecule has 0 unspecified atom stereocenters. The van der Waals surface area contributed by atoms with Crippen LogP contribution < -0.4 is 0 Å². The summed E-state index contributed by atoms with van der Waals surface area (Å²) in [5.41, 5.74) is 2.28. The summed E-state index contributed by atoms with van der Waals surface area (Å²) in [6, 6.07) is 6.42. The highest BCUT2D eigenvalue weighted by atomic mass is 32.2. The van der Waals surface area contributed by atoms with E-state index in [1.54, 1.807) is 11.8 Å². The van der Waals surface area contributed by atoms with E-state index in [-0.39, 0.29) is 0 Å². The Morgan fingerprint density at radius 1 is 1.23 bits per heavy atom. The maximum absolute atomic E-state index is 9.31. The molecule has 1 heterocycles. The van der Waals surface area contributed by atoms with E-state index in [1.165, 1.54) is 44.2 Å². The van der Waals surface area contributed by atoms with Gasteiger partial charge in [-0.25, -0.2) is 4.98 Å². The van der Waals surface area contributed by atoms with Crippen LogP contribution in [0.4, 0.5) is 0 Å². The van der Waals surface area contributed by atoms with Crippen LogP contribution in [0.5, 0.6) is 0 Å². The number of hydrogen-bond donors (Lipinski definition) is 0. The summed E-state index contributed by atoms with van der Waals surface area (Å²) >= 11 is 1.64. The molecule has 0 aliphatic heterocycles. The third kappa shape index (κ3) is 2.29. The Morgan fingerprint density at radius 2 is 1.86 bits per heavy atom. The van der Waals surface area contributed by atoms with Crippen molar-refractivity contribution in [3.63, 3.8) is 0 Å². The van der Waals surface area contributed by atoms with E-state index in [4.69, 9.17) is 4.98 Å². The summed E-state index contributed by atoms with van der Waals surface area (Å²) in [4.78, 5) is 4.96. The Morgan fingerprint density at radius 3 is 2.41 bits per heavy atom. The molecule has 0 atom stereocenters. The minimum absolute atomic E-state index is 0.312. The van der Waals surface area contributed by atoms with Crippen LogP contribution in [0, 0.1) is 29.1 Å². The van der Waals surface area contributed by atoms with E-state index in [1.807, 2.05) is 12.1 Å². The van der Waals surface area contributed by atoms with Crippen molar-refractivity contribution in [1.82, 2.24) is 4.98 Å². The van der Waals surface area contributed by atoms with Gasteiger partial charge >= 0.3 is 0 Å². The van der Waals surface area contributed by atoms with Gasteiger partial charge in [0.1, 0.15) is 11.1 Å². The van der Waals surface area contributed by atoms with Crippen LogP contribution in [0.3, 0.4) is 0 Å². The van der Waals surface area contributed by atoms with Crippen LogP contribution >= 0.6 is 11.8 Å². The SMILES string of the molecule is C=CCSc1nc(C23CC4CC(CC(C4)C2)C3)ccc1C#N. The highest BCUT2D eigenvalue weighted by molar-refractivity contribution is 7.99. The van der Waals surface area contributed by atoms with Gasteiger partial charge in [-0.05, 0) is 68.4 Å². The fourth-order valence-corrected chi connectivity index (χ4v) is 6.20. The Bertz CT molecular complexity index is 608. The fraction of sp³-hybridized carbons (Fsp3) is 0.579. The number of thioether (sulfide) groups is 1. The van der Waals surface area contributed by atoms with Crippen molar-refractivity contribution >= 4 is 11.8 Å². The first-order chi connectivity index (χ1) is 10.7. The minimum atomic E-state index is 0.312. The van der Waals surface area contributed by atoms with Gasteiger partial charge in [0.2, 0.25) is 0 Å². The Labute approximate surface area is 137 Å². The largest absolute Gasteiger partial charge is 0.245 e. The van der Waals surface area contributed by atoms with Crippen molar-refractivity contribution in [3.05, 3.63) is 36.0 Å². The molecule has 4 saturated carbocycles. The zero-order valence-corrected chi connectivity index (χ0v) is 13.7. The van der Waals surface area contributed by atoms with Gasteiger partial charge in [-0.3, -0.25) is 0 Å². The van der Waals surface area contributed by atoms with E-state index in [9.17, 15) is 5.26 Å². The molecular weight excluding hydrogens is 288 g/mol. The predicted molar refractivity (Wildman–Crippen MR) is 89.7 cm³/mol. The second-order valence-corrected chi connectivity index (χ2v) is 8.47. The smallest absolute Gasteiger partial charge is 0.114 e. The van der Waals surface area contributed by atoms with Crippen LogP contribution in [0.1, 0.15) is 49.8 Å². The summed E-state index contributed by atoms with van der Waals surface area (Å²) in [5, 5.41) is 10.2. The van der Waals surface area contributed by atoms with Crippen molar-refractivity contribution < 1.29 is 0 Å². The molecule has 22 heavy (non-hydrogen) atoms. The lowest BCUT2D eigenvalue weighted by atomic mass is 9.49. The molecule has 1 aromatic heterocycles. The monoisotopic (exact) mass is 310 g/mol. The third-order valence-corrected chi connectivity index (χ3v) is 6.89. The molecule has 0 radical (unpaired) electrons. The zero-order chi connectivity index (χ0) is 15.2. The van der Waals surface area contributed by atoms with Gasteiger partial charge in [0.25, 0.3) is 0 Å². The van der Waals surface area contributed by atoms with Crippen molar-refractivity contribution in [2.24, 2.45) is 17.8 Å². The highest BCUT2D eigenvalue weighted by Gasteiger charge is 2.52. The Hall–Kier alpha value is -1.27. The van der Waals surface area contributed by atoms with Gasteiger partial charge in [-0.2, -0.15) is 5.26 Å². The van der Waals surface area contributed by atoms with Crippen molar-refractivity contribution in [3.8, 4) is 6.07 Å². The van der Waals surface area contributed by atoms with E-state index >= 15 is 0 Å². The molecular formula is C19H22N2S. The number of rotatable bonds is 4. The normalized spacial score (nSPS) is 35.3. The molecule has 0 N–H and O–H groups in total. The van der Waals surface area contributed by atoms with Crippen LogP contribution in [0.2, 0.25) is 0 Å². The van der Waals surface area contributed by atoms with E-state index in [2.05, 4.69) is 18.7 Å². The number of pyridine rings is 1. The molecule has 0 saturated heterocycles. The summed E-state index contributed by atoms with van der Waals surface area (Å²) in [6.07, 6.45) is 10.2. The van der Waals surface area contributed by atoms with Gasteiger partial charge < -0.3 is 0 Å². The van der Waals surface area contributed by atoms with E-state index in [0.29, 0.717) is 11.0 Å². The van der Waals surface area contributed by atoms with Crippen LogP contribution in [-0.2, 0) is 5.41 Å². The number of nitriles is 1. The summed E-state index contributed by atoms with van der Waals surface area (Å²) < 4.78 is 0. The number of aromatic nitrogens is 1. The highest BCUT2D eigenvalue weighted by Crippen LogP contribution is 2.60. The molecule has 0 amide bonds. The standard InChI is InChI=1S/C19H22N2S/c1-2-5-22-18-16(12-20)3-4-17(21-18)19-9-13-6-14(10-19)8-15(7-13)11-19/h2-4,13-15H,1,5-11H2. The summed E-state index contributed by atoms with van der Waals surface area (Å²) in [6.45, 7) is 3.78. The summed E-state index contributed by atoms with van der Waals surface area (Å²) in [7, 11) is 0. The van der Waals surface area contributed by atoms with Gasteiger partial charge in [0.05, 0.1) is 5.56 Å². The van der Waals surface area contributed by atoms with Crippen LogP contribution in [0.25, 0.3) is 0 Å². The lowest BCUT2D eigenvalue weighted by Gasteiger charge is -2.56. The van der Waals surface area contributed by atoms with Crippen LogP contribution in [0.15, 0.2) is 29.8 Å². The van der Waals surface area contributed by atoms with Crippen molar-refractivity contribution in [1.29, 1.82) is 5.26 Å². The lowest BCUT2D eigenvalue weighted by molar-refractivity contribution is -0.00744. The molecule has 0 aromatic carbocycles. The lowest BCUT2D eigenvalue weighted by Crippen LogP contribution is -2.49. The second kappa shape index (κ2) is 5.42. The van der Waals surface area contributed by atoms with Gasteiger partial charge in [0.15, 0.2) is 0 Å².